The zero-order valence-electron chi connectivity index (χ0n) is 23.0. The van der Waals surface area contributed by atoms with E-state index < -0.39 is 0 Å². The molecule has 0 unspecified atom stereocenters. The Kier molecular flexibility index (Phi) is 13.9. The lowest BCUT2D eigenvalue weighted by atomic mass is 10.0. The highest BCUT2D eigenvalue weighted by Crippen LogP contribution is 2.46. The molecule has 0 heterocycles. The molecule has 1 rings (SSSR count). The first-order valence-electron chi connectivity index (χ1n) is 12.3. The molecule has 4 heteroatoms. The van der Waals surface area contributed by atoms with E-state index in [1.807, 2.05) is 13.0 Å². The number of aryl methyl sites for hydroxylation is 1. The molecule has 0 spiro atoms. The van der Waals surface area contributed by atoms with Crippen LogP contribution < -0.4 is 18.9 Å². The number of hydrogen-bond acceptors (Lipinski definition) is 4. The minimum atomic E-state index is 0.484. The van der Waals surface area contributed by atoms with Gasteiger partial charge in [-0.2, -0.15) is 0 Å². The van der Waals surface area contributed by atoms with Crippen LogP contribution in [0.1, 0.15) is 78.7 Å². The maximum atomic E-state index is 6.05. The van der Waals surface area contributed by atoms with Gasteiger partial charge in [0.2, 0.25) is 11.5 Å². The third kappa shape index (κ3) is 10.5. The number of benzene rings is 1. The molecule has 0 aromatic heterocycles. The molecule has 0 saturated heterocycles. The van der Waals surface area contributed by atoms with Gasteiger partial charge in [-0.05, 0) is 97.8 Å². The molecule has 0 N–H and O–H groups in total. The van der Waals surface area contributed by atoms with E-state index in [-0.39, 0.29) is 0 Å². The zero-order chi connectivity index (χ0) is 25.5. The Labute approximate surface area is 208 Å². The van der Waals surface area contributed by atoms with Crippen LogP contribution in [0.15, 0.2) is 52.7 Å². The number of rotatable bonds is 15. The summed E-state index contributed by atoms with van der Waals surface area (Å²) in [4.78, 5) is 0. The van der Waals surface area contributed by atoms with Gasteiger partial charge in [-0.25, -0.2) is 0 Å². The summed E-state index contributed by atoms with van der Waals surface area (Å²) in [5.74, 6) is 2.42. The molecule has 34 heavy (non-hydrogen) atoms. The van der Waals surface area contributed by atoms with Gasteiger partial charge in [0.25, 0.3) is 0 Å². The van der Waals surface area contributed by atoms with Crippen molar-refractivity contribution >= 4 is 0 Å². The second kappa shape index (κ2) is 16.1. The number of allylic oxidation sites excluding steroid dienone is 7. The molecule has 190 valence electrons. The maximum Gasteiger partial charge on any atom is 0.207 e. The van der Waals surface area contributed by atoms with Crippen molar-refractivity contribution in [3.63, 3.8) is 0 Å². The van der Waals surface area contributed by atoms with Crippen LogP contribution in [0.5, 0.6) is 23.0 Å². The Morgan fingerprint density at radius 1 is 0.647 bits per heavy atom. The van der Waals surface area contributed by atoms with Gasteiger partial charge in [-0.1, -0.05) is 40.5 Å². The monoisotopic (exact) mass is 470 g/mol. The van der Waals surface area contributed by atoms with Crippen LogP contribution in [0, 0.1) is 6.92 Å². The van der Waals surface area contributed by atoms with Crippen molar-refractivity contribution in [3.8, 4) is 23.0 Å². The molecule has 0 aliphatic heterocycles. The standard InChI is InChI=1S/C30H46O4/c1-22(2)13-10-14-23(3)15-11-16-24(4)17-12-18-25(5)19-20-34-28-26(6)21-27(31-7)29(32-8)30(28)33-9/h13,15,17,19,21H,10-12,14,16,18,20H2,1-9H3/b23-15+,24-17+,25-19+. The van der Waals surface area contributed by atoms with Crippen molar-refractivity contribution in [2.24, 2.45) is 0 Å². The summed E-state index contributed by atoms with van der Waals surface area (Å²) in [7, 11) is 4.83. The average Bonchev–Trinajstić information content (AvgIpc) is 2.79. The van der Waals surface area contributed by atoms with Crippen molar-refractivity contribution in [2.45, 2.75) is 80.1 Å². The lowest BCUT2D eigenvalue weighted by Crippen LogP contribution is -2.03. The quantitative estimate of drug-likeness (QED) is 0.241. The molecule has 0 aliphatic carbocycles. The maximum absolute atomic E-state index is 6.05. The Morgan fingerprint density at radius 2 is 1.15 bits per heavy atom. The van der Waals surface area contributed by atoms with E-state index in [0.717, 1.165) is 44.1 Å². The van der Waals surface area contributed by atoms with E-state index in [9.17, 15) is 0 Å². The van der Waals surface area contributed by atoms with Gasteiger partial charge in [-0.15, -0.1) is 0 Å². The Bertz CT molecular complexity index is 884. The van der Waals surface area contributed by atoms with E-state index in [1.165, 1.54) is 22.3 Å². The van der Waals surface area contributed by atoms with Crippen LogP contribution in [0.4, 0.5) is 0 Å². The van der Waals surface area contributed by atoms with Gasteiger partial charge in [0, 0.05) is 0 Å². The summed E-state index contributed by atoms with van der Waals surface area (Å²) in [5.41, 5.74) is 6.61. The molecule has 0 bridgehead atoms. The normalized spacial score (nSPS) is 12.4. The topological polar surface area (TPSA) is 36.9 Å². The van der Waals surface area contributed by atoms with Gasteiger partial charge >= 0.3 is 0 Å². The minimum absolute atomic E-state index is 0.484. The molecule has 0 saturated carbocycles. The summed E-state index contributed by atoms with van der Waals surface area (Å²) < 4.78 is 22.5. The third-order valence-electron chi connectivity index (χ3n) is 5.78. The highest BCUT2D eigenvalue weighted by Gasteiger charge is 2.19. The lowest BCUT2D eigenvalue weighted by molar-refractivity contribution is 0.292. The van der Waals surface area contributed by atoms with Gasteiger partial charge < -0.3 is 18.9 Å². The lowest BCUT2D eigenvalue weighted by Gasteiger charge is -2.18. The van der Waals surface area contributed by atoms with E-state index >= 15 is 0 Å². The Balaban J connectivity index is 2.53. The van der Waals surface area contributed by atoms with E-state index in [0.29, 0.717) is 29.6 Å². The molecule has 0 aliphatic rings. The molecule has 0 radical (unpaired) electrons. The largest absolute Gasteiger partial charge is 0.493 e. The van der Waals surface area contributed by atoms with E-state index in [2.05, 4.69) is 58.9 Å². The van der Waals surface area contributed by atoms with Crippen LogP contribution in [0.3, 0.4) is 0 Å². The van der Waals surface area contributed by atoms with E-state index in [4.69, 9.17) is 18.9 Å². The first kappa shape index (κ1) is 29.4. The van der Waals surface area contributed by atoms with E-state index in [1.54, 1.807) is 21.3 Å². The highest BCUT2D eigenvalue weighted by atomic mass is 16.5. The van der Waals surface area contributed by atoms with Crippen LogP contribution in [0.2, 0.25) is 0 Å². The molecule has 1 aromatic carbocycles. The zero-order valence-corrected chi connectivity index (χ0v) is 23.0. The van der Waals surface area contributed by atoms with Crippen LogP contribution >= 0.6 is 0 Å². The fourth-order valence-electron chi connectivity index (χ4n) is 3.69. The van der Waals surface area contributed by atoms with Gasteiger partial charge in [0.15, 0.2) is 11.5 Å². The second-order valence-corrected chi connectivity index (χ2v) is 9.15. The summed E-state index contributed by atoms with van der Waals surface area (Å²) in [5, 5.41) is 0. The average molecular weight is 471 g/mol. The van der Waals surface area contributed by atoms with Gasteiger partial charge in [0.1, 0.15) is 6.61 Å². The smallest absolute Gasteiger partial charge is 0.207 e. The fourth-order valence-corrected chi connectivity index (χ4v) is 3.69. The molecule has 0 atom stereocenters. The molecule has 4 nitrogen and oxygen atoms in total. The first-order valence-corrected chi connectivity index (χ1v) is 12.3. The van der Waals surface area contributed by atoms with Crippen molar-refractivity contribution < 1.29 is 18.9 Å². The molecular formula is C30H46O4. The number of ether oxygens (including phenoxy) is 4. The fraction of sp³-hybridized carbons (Fsp3) is 0.533. The summed E-state index contributed by atoms with van der Waals surface area (Å²) >= 11 is 0. The molecule has 0 amide bonds. The van der Waals surface area contributed by atoms with Gasteiger partial charge in [0.05, 0.1) is 21.3 Å². The molecule has 1 aromatic rings. The highest BCUT2D eigenvalue weighted by molar-refractivity contribution is 5.62. The predicted octanol–water partition coefficient (Wildman–Crippen LogP) is 8.55. The second-order valence-electron chi connectivity index (χ2n) is 9.15. The first-order chi connectivity index (χ1) is 16.2. The van der Waals surface area contributed by atoms with Crippen LogP contribution in [0.25, 0.3) is 0 Å². The van der Waals surface area contributed by atoms with Crippen molar-refractivity contribution in [1.82, 2.24) is 0 Å². The summed E-state index contributed by atoms with van der Waals surface area (Å²) in [6.07, 6.45) is 15.8. The SMILES string of the molecule is COc1cc(C)c(OC/C=C(\C)CC/C=C(\C)CC/C=C(\C)CCC=C(C)C)c(OC)c1OC. The Morgan fingerprint density at radius 3 is 1.62 bits per heavy atom. The van der Waals surface area contributed by atoms with Crippen molar-refractivity contribution in [2.75, 3.05) is 27.9 Å². The van der Waals surface area contributed by atoms with Gasteiger partial charge in [-0.3, -0.25) is 0 Å². The summed E-state index contributed by atoms with van der Waals surface area (Å²) in [6.45, 7) is 13.4. The van der Waals surface area contributed by atoms with Crippen molar-refractivity contribution in [3.05, 3.63) is 58.2 Å². The van der Waals surface area contributed by atoms with Crippen LogP contribution in [-0.2, 0) is 0 Å². The Hall–Kier alpha value is -2.62. The predicted molar refractivity (Wildman–Crippen MR) is 145 cm³/mol. The third-order valence-corrected chi connectivity index (χ3v) is 5.78. The minimum Gasteiger partial charge on any atom is -0.493 e. The molecule has 0 fully saturated rings. The van der Waals surface area contributed by atoms with Crippen LogP contribution in [-0.4, -0.2) is 27.9 Å². The van der Waals surface area contributed by atoms with Crippen molar-refractivity contribution in [1.29, 1.82) is 0 Å². The molecular weight excluding hydrogens is 424 g/mol. The number of methoxy groups -OCH3 is 3. The number of hydrogen-bond donors (Lipinski definition) is 0. The summed E-state index contributed by atoms with van der Waals surface area (Å²) in [6, 6.07) is 1.90.